The van der Waals surface area contributed by atoms with Gasteiger partial charge < -0.3 is 9.47 Å². The normalized spacial score (nSPS) is 11.0. The Morgan fingerprint density at radius 2 is 0.825 bits per heavy atom. The van der Waals surface area contributed by atoms with Crippen molar-refractivity contribution in [2.45, 2.75) is 41.5 Å². The van der Waals surface area contributed by atoms with E-state index in [-0.39, 0.29) is 0 Å². The highest BCUT2D eigenvalue weighted by Gasteiger charge is 2.23. The molecule has 0 radical (unpaired) electrons. The molecule has 8 nitrogen and oxygen atoms in total. The van der Waals surface area contributed by atoms with Crippen molar-refractivity contribution in [1.29, 1.82) is 0 Å². The lowest BCUT2D eigenvalue weighted by Crippen LogP contribution is -2.03. The Balaban J connectivity index is 1.57. The van der Waals surface area contributed by atoms with Crippen molar-refractivity contribution in [2.75, 3.05) is 14.2 Å². The van der Waals surface area contributed by atoms with E-state index in [1.54, 1.807) is 14.2 Å². The molecule has 0 amide bonds. The summed E-state index contributed by atoms with van der Waals surface area (Å²) in [6.07, 6.45) is 0. The van der Waals surface area contributed by atoms with Gasteiger partial charge in [-0.25, -0.2) is 19.9 Å². The number of rotatable bonds is 6. The Labute approximate surface area is 234 Å². The van der Waals surface area contributed by atoms with Crippen molar-refractivity contribution >= 4 is 0 Å². The van der Waals surface area contributed by atoms with Gasteiger partial charge in [0.05, 0.1) is 14.2 Å². The first-order valence-corrected chi connectivity index (χ1v) is 13.0. The maximum absolute atomic E-state index is 5.87. The minimum absolute atomic E-state index is 0.520. The minimum Gasteiger partial charge on any atom is -0.491 e. The molecule has 0 bridgehead atoms. The molecule has 2 aromatic carbocycles. The van der Waals surface area contributed by atoms with E-state index in [1.165, 1.54) is 0 Å². The molecule has 0 saturated heterocycles. The predicted octanol–water partition coefficient (Wildman–Crippen LogP) is 6.59. The molecule has 0 aliphatic carbocycles. The molecule has 0 fully saturated rings. The van der Waals surface area contributed by atoms with Crippen molar-refractivity contribution in [2.24, 2.45) is 0 Å². The Morgan fingerprint density at radius 3 is 1.12 bits per heavy atom. The second-order valence-corrected chi connectivity index (χ2v) is 9.97. The van der Waals surface area contributed by atoms with Crippen molar-refractivity contribution < 1.29 is 9.47 Å². The summed E-state index contributed by atoms with van der Waals surface area (Å²) in [6, 6.07) is 16.0. The number of methoxy groups -OCH3 is 2. The standard InChI is InChI=1S/C32H32N6O2/c1-17-13-23(31-33-19(3)15-20(4)34-31)9-11-25(17)27-29(39-7)30(40-8)28(38-37-27)26-12-10-24(14-18(26)2)32-35-21(5)16-22(6)36-32/h9-16H,1-8H3. The first kappa shape index (κ1) is 26.9. The van der Waals surface area contributed by atoms with Crippen LogP contribution in [0.25, 0.3) is 45.3 Å². The maximum Gasteiger partial charge on any atom is 0.191 e. The van der Waals surface area contributed by atoms with E-state index < -0.39 is 0 Å². The zero-order valence-corrected chi connectivity index (χ0v) is 24.1. The molecular formula is C32H32N6O2. The van der Waals surface area contributed by atoms with E-state index in [0.717, 1.165) is 56.2 Å². The zero-order valence-electron chi connectivity index (χ0n) is 24.1. The van der Waals surface area contributed by atoms with E-state index >= 15 is 0 Å². The van der Waals surface area contributed by atoms with E-state index in [1.807, 2.05) is 77.9 Å². The molecule has 0 saturated carbocycles. The van der Waals surface area contributed by atoms with Crippen molar-refractivity contribution in [3.8, 4) is 56.8 Å². The van der Waals surface area contributed by atoms with Crippen LogP contribution in [-0.2, 0) is 0 Å². The molecule has 8 heteroatoms. The summed E-state index contributed by atoms with van der Waals surface area (Å²) >= 11 is 0. The summed E-state index contributed by atoms with van der Waals surface area (Å²) in [4.78, 5) is 18.4. The van der Waals surface area contributed by atoms with Crippen molar-refractivity contribution in [1.82, 2.24) is 30.1 Å². The van der Waals surface area contributed by atoms with Crippen molar-refractivity contribution in [3.63, 3.8) is 0 Å². The van der Waals surface area contributed by atoms with Gasteiger partial charge in [-0.2, -0.15) is 0 Å². The van der Waals surface area contributed by atoms with Crippen molar-refractivity contribution in [3.05, 3.63) is 82.4 Å². The van der Waals surface area contributed by atoms with E-state index in [2.05, 4.69) is 42.3 Å². The second kappa shape index (κ2) is 10.8. The van der Waals surface area contributed by atoms with Crippen LogP contribution in [0.1, 0.15) is 33.9 Å². The van der Waals surface area contributed by atoms with E-state index in [0.29, 0.717) is 34.5 Å². The fraction of sp³-hybridized carbons (Fsp3) is 0.250. The molecule has 3 heterocycles. The monoisotopic (exact) mass is 532 g/mol. The molecule has 0 spiro atoms. The fourth-order valence-corrected chi connectivity index (χ4v) is 4.98. The molecular weight excluding hydrogens is 500 g/mol. The van der Waals surface area contributed by atoms with Crippen LogP contribution >= 0.6 is 0 Å². The molecule has 5 rings (SSSR count). The zero-order chi connectivity index (χ0) is 28.6. The van der Waals surface area contributed by atoms with Crippen LogP contribution in [0.3, 0.4) is 0 Å². The Bertz CT molecular complexity index is 1580. The molecule has 40 heavy (non-hydrogen) atoms. The Hall–Kier alpha value is -4.72. The fourth-order valence-electron chi connectivity index (χ4n) is 4.98. The summed E-state index contributed by atoms with van der Waals surface area (Å²) in [7, 11) is 3.24. The summed E-state index contributed by atoms with van der Waals surface area (Å²) in [6.45, 7) is 11.9. The lowest BCUT2D eigenvalue weighted by Gasteiger charge is -2.17. The summed E-state index contributed by atoms with van der Waals surface area (Å²) in [5, 5.41) is 9.26. The number of nitrogens with zero attached hydrogens (tertiary/aromatic N) is 6. The average molecular weight is 533 g/mol. The van der Waals surface area contributed by atoms with Gasteiger partial charge in [0, 0.05) is 45.0 Å². The lowest BCUT2D eigenvalue weighted by molar-refractivity contribution is 0.353. The van der Waals surface area contributed by atoms with Crippen LogP contribution in [0.4, 0.5) is 0 Å². The number of aromatic nitrogens is 6. The van der Waals surface area contributed by atoms with Gasteiger partial charge in [0.2, 0.25) is 0 Å². The highest BCUT2D eigenvalue weighted by atomic mass is 16.5. The Kier molecular flexibility index (Phi) is 7.26. The summed E-state index contributed by atoms with van der Waals surface area (Å²) in [5.41, 5.74) is 10.6. The number of ether oxygens (including phenoxy) is 2. The molecule has 0 unspecified atom stereocenters. The quantitative estimate of drug-likeness (QED) is 0.242. The van der Waals surface area contributed by atoms with Crippen LogP contribution in [0, 0.1) is 41.5 Å². The van der Waals surface area contributed by atoms with E-state index in [4.69, 9.17) is 9.47 Å². The van der Waals surface area contributed by atoms with Gasteiger partial charge in [-0.05, 0) is 76.9 Å². The van der Waals surface area contributed by atoms with Gasteiger partial charge in [-0.1, -0.05) is 24.3 Å². The number of aryl methyl sites for hydroxylation is 6. The van der Waals surface area contributed by atoms with Gasteiger partial charge in [0.1, 0.15) is 11.4 Å². The first-order chi connectivity index (χ1) is 19.2. The maximum atomic E-state index is 5.87. The van der Waals surface area contributed by atoms with Gasteiger partial charge in [-0.3, -0.25) is 0 Å². The molecule has 3 aromatic heterocycles. The topological polar surface area (TPSA) is 95.8 Å². The third-order valence-electron chi connectivity index (χ3n) is 6.74. The van der Waals surface area contributed by atoms with E-state index in [9.17, 15) is 0 Å². The predicted molar refractivity (Wildman–Crippen MR) is 156 cm³/mol. The summed E-state index contributed by atoms with van der Waals surface area (Å²) in [5.74, 6) is 2.44. The molecule has 5 aromatic rings. The molecule has 0 atom stereocenters. The van der Waals surface area contributed by atoms with Crippen LogP contribution in [0.15, 0.2) is 48.5 Å². The first-order valence-electron chi connectivity index (χ1n) is 13.0. The average Bonchev–Trinajstić information content (AvgIpc) is 2.91. The number of benzene rings is 2. The highest BCUT2D eigenvalue weighted by Crippen LogP contribution is 2.44. The second-order valence-electron chi connectivity index (χ2n) is 9.97. The number of hydrogen-bond acceptors (Lipinski definition) is 8. The third kappa shape index (κ3) is 5.12. The molecule has 0 aliphatic heterocycles. The van der Waals surface area contributed by atoms with Gasteiger partial charge in [-0.15, -0.1) is 10.2 Å². The summed E-state index contributed by atoms with van der Waals surface area (Å²) < 4.78 is 11.7. The minimum atomic E-state index is 0.520. The van der Waals surface area contributed by atoms with Crippen LogP contribution in [0.5, 0.6) is 11.5 Å². The van der Waals surface area contributed by atoms with Crippen LogP contribution < -0.4 is 9.47 Å². The number of hydrogen-bond donors (Lipinski definition) is 0. The highest BCUT2D eigenvalue weighted by molar-refractivity contribution is 5.81. The molecule has 0 aliphatic rings. The molecule has 0 N–H and O–H groups in total. The van der Waals surface area contributed by atoms with Gasteiger partial charge >= 0.3 is 0 Å². The smallest absolute Gasteiger partial charge is 0.191 e. The lowest BCUT2D eigenvalue weighted by atomic mass is 9.98. The molecule has 202 valence electrons. The van der Waals surface area contributed by atoms with Gasteiger partial charge in [0.15, 0.2) is 23.1 Å². The van der Waals surface area contributed by atoms with Gasteiger partial charge in [0.25, 0.3) is 0 Å². The SMILES string of the molecule is COc1c(-c2ccc(-c3nc(C)cc(C)n3)cc2C)nnc(-c2ccc(-c3nc(C)cc(C)n3)cc2C)c1OC. The Morgan fingerprint density at radius 1 is 0.475 bits per heavy atom. The van der Waals surface area contributed by atoms with Crippen LogP contribution in [0.2, 0.25) is 0 Å². The van der Waals surface area contributed by atoms with Crippen LogP contribution in [-0.4, -0.2) is 44.4 Å². The third-order valence-corrected chi connectivity index (χ3v) is 6.74. The largest absolute Gasteiger partial charge is 0.491 e.